The van der Waals surface area contributed by atoms with Gasteiger partial charge in [-0.1, -0.05) is 22.4 Å². The van der Waals surface area contributed by atoms with Gasteiger partial charge in [0, 0.05) is 10.9 Å². The van der Waals surface area contributed by atoms with Crippen LogP contribution < -0.4 is 5.32 Å². The van der Waals surface area contributed by atoms with Crippen molar-refractivity contribution in [3.05, 3.63) is 39.4 Å². The van der Waals surface area contributed by atoms with Gasteiger partial charge in [0.2, 0.25) is 0 Å². The number of carbonyl (C=O) groups excluding carboxylic acids is 1. The van der Waals surface area contributed by atoms with Gasteiger partial charge in [-0.05, 0) is 18.9 Å². The number of nitrogens with one attached hydrogen (secondary N) is 1. The Labute approximate surface area is 121 Å². The van der Waals surface area contributed by atoms with Crippen LogP contribution in [-0.4, -0.2) is 21.7 Å². The summed E-state index contributed by atoms with van der Waals surface area (Å²) in [7, 11) is 0. The largest absolute Gasteiger partial charge is 0.348 e. The van der Waals surface area contributed by atoms with Crippen molar-refractivity contribution in [2.75, 3.05) is 0 Å². The van der Waals surface area contributed by atoms with Gasteiger partial charge in [0.15, 0.2) is 11.6 Å². The Morgan fingerprint density at radius 2 is 2.00 bits per heavy atom. The first-order chi connectivity index (χ1) is 9.40. The summed E-state index contributed by atoms with van der Waals surface area (Å²) < 4.78 is 26.2. The van der Waals surface area contributed by atoms with Crippen molar-refractivity contribution >= 4 is 27.5 Å². The molecule has 0 bridgehead atoms. The van der Waals surface area contributed by atoms with Crippen molar-refractivity contribution in [2.24, 2.45) is 0 Å². The fourth-order valence-corrected chi connectivity index (χ4v) is 2.91. The Balaban J connectivity index is 2.29. The summed E-state index contributed by atoms with van der Waals surface area (Å²) in [6, 6.07) is 0.807. The van der Waals surface area contributed by atoms with E-state index in [0.717, 1.165) is 19.3 Å². The smallest absolute Gasteiger partial charge is 0.285 e. The van der Waals surface area contributed by atoms with Crippen LogP contribution in [0.2, 0.25) is 0 Å². The van der Waals surface area contributed by atoms with E-state index >= 15 is 0 Å². The molecule has 20 heavy (non-hydrogen) atoms. The molecule has 0 radical (unpaired) electrons. The van der Waals surface area contributed by atoms with Gasteiger partial charge in [0.05, 0.1) is 11.0 Å². The maximum atomic E-state index is 13.2. The highest BCUT2D eigenvalue weighted by atomic mass is 79.9. The number of hydrogen-bond acceptors (Lipinski definition) is 3. The molecule has 5 nitrogen and oxygen atoms in total. The third-order valence-electron chi connectivity index (χ3n) is 3.23. The number of alkyl halides is 1. The second-order valence-corrected chi connectivity index (χ2v) is 5.74. The Bertz CT molecular complexity index is 568. The average molecular weight is 349 g/mol. The lowest BCUT2D eigenvalue weighted by atomic mass is 10.1. The minimum Gasteiger partial charge on any atom is -0.348 e. The molecule has 1 saturated carbocycles. The molecular weight excluding hydrogens is 338 g/mol. The molecule has 1 aromatic rings. The average Bonchev–Trinajstić information content (AvgIpc) is 2.77. The van der Waals surface area contributed by atoms with E-state index in [1.54, 1.807) is 0 Å². The summed E-state index contributed by atoms with van der Waals surface area (Å²) in [4.78, 5) is 22.0. The van der Waals surface area contributed by atoms with Crippen LogP contribution in [0.25, 0.3) is 0 Å². The topological polar surface area (TPSA) is 72.2 Å². The Kier molecular flexibility index (Phi) is 4.32. The number of rotatable bonds is 3. The summed E-state index contributed by atoms with van der Waals surface area (Å²) >= 11 is 3.40. The van der Waals surface area contributed by atoms with Crippen molar-refractivity contribution in [1.29, 1.82) is 0 Å². The number of hydrogen-bond donors (Lipinski definition) is 1. The molecule has 108 valence electrons. The Hall–Kier alpha value is -1.57. The summed E-state index contributed by atoms with van der Waals surface area (Å²) in [6.45, 7) is 0. The van der Waals surface area contributed by atoms with Crippen LogP contribution in [0.3, 0.4) is 0 Å². The predicted molar refractivity (Wildman–Crippen MR) is 70.8 cm³/mol. The highest BCUT2D eigenvalue weighted by molar-refractivity contribution is 9.09. The first-order valence-electron chi connectivity index (χ1n) is 5.98. The van der Waals surface area contributed by atoms with Crippen molar-refractivity contribution in [3.8, 4) is 0 Å². The maximum Gasteiger partial charge on any atom is 0.285 e. The van der Waals surface area contributed by atoms with Crippen LogP contribution in [0.5, 0.6) is 0 Å². The summed E-state index contributed by atoms with van der Waals surface area (Å²) in [5, 5.41) is 13.4. The fraction of sp³-hybridized carbons (Fsp3) is 0.417. The van der Waals surface area contributed by atoms with Gasteiger partial charge in [-0.2, -0.15) is 0 Å². The molecule has 0 aliphatic heterocycles. The van der Waals surface area contributed by atoms with Gasteiger partial charge < -0.3 is 5.32 Å². The number of nitro groups is 1. The van der Waals surface area contributed by atoms with Gasteiger partial charge in [-0.25, -0.2) is 8.78 Å². The predicted octanol–water partition coefficient (Wildman–Crippen LogP) is 2.92. The van der Waals surface area contributed by atoms with E-state index in [1.807, 2.05) is 0 Å². The highest BCUT2D eigenvalue weighted by Gasteiger charge is 2.30. The van der Waals surface area contributed by atoms with Gasteiger partial charge >= 0.3 is 0 Å². The minimum absolute atomic E-state index is 0.0794. The normalized spacial score (nSPS) is 21.8. The lowest BCUT2D eigenvalue weighted by Crippen LogP contribution is -2.38. The lowest BCUT2D eigenvalue weighted by molar-refractivity contribution is -0.385. The molecule has 1 N–H and O–H groups in total. The van der Waals surface area contributed by atoms with Gasteiger partial charge in [-0.15, -0.1) is 0 Å². The Morgan fingerprint density at radius 3 is 2.55 bits per heavy atom. The van der Waals surface area contributed by atoms with Gasteiger partial charge in [0.25, 0.3) is 11.6 Å². The molecule has 1 aliphatic carbocycles. The molecule has 0 spiro atoms. The molecule has 8 heteroatoms. The summed E-state index contributed by atoms with van der Waals surface area (Å²) in [5.41, 5.74) is -1.22. The van der Waals surface area contributed by atoms with E-state index < -0.39 is 33.7 Å². The molecule has 2 unspecified atom stereocenters. The van der Waals surface area contributed by atoms with E-state index in [1.165, 1.54) is 0 Å². The van der Waals surface area contributed by atoms with Gasteiger partial charge in [0.1, 0.15) is 5.56 Å². The summed E-state index contributed by atoms with van der Waals surface area (Å²) in [6.07, 6.45) is 2.53. The second-order valence-electron chi connectivity index (χ2n) is 4.57. The zero-order valence-electron chi connectivity index (χ0n) is 10.2. The number of halogens is 3. The minimum atomic E-state index is -1.35. The quantitative estimate of drug-likeness (QED) is 0.518. The van der Waals surface area contributed by atoms with E-state index in [4.69, 9.17) is 0 Å². The molecule has 1 aliphatic rings. The first-order valence-corrected chi connectivity index (χ1v) is 6.90. The molecule has 0 saturated heterocycles. The standard InChI is InChI=1S/C12H11BrF2N2O3/c13-7-2-1-3-10(7)16-12(18)6-4-8(14)9(15)5-11(6)17(19)20/h4-5,7,10H,1-3H2,(H,16,18). The zero-order valence-corrected chi connectivity index (χ0v) is 11.8. The second kappa shape index (κ2) is 5.82. The Morgan fingerprint density at radius 1 is 1.35 bits per heavy atom. The number of benzene rings is 1. The first kappa shape index (κ1) is 14.8. The summed E-state index contributed by atoms with van der Waals surface area (Å²) in [5.74, 6) is -3.41. The van der Waals surface area contributed by atoms with Gasteiger partial charge in [-0.3, -0.25) is 14.9 Å². The van der Waals surface area contributed by atoms with E-state index in [9.17, 15) is 23.7 Å². The van der Waals surface area contributed by atoms with Crippen molar-refractivity contribution in [3.63, 3.8) is 0 Å². The molecule has 1 fully saturated rings. The van der Waals surface area contributed by atoms with Crippen molar-refractivity contribution in [2.45, 2.75) is 30.1 Å². The fourth-order valence-electron chi connectivity index (χ4n) is 2.19. The van der Waals surface area contributed by atoms with Crippen molar-refractivity contribution in [1.82, 2.24) is 5.32 Å². The lowest BCUT2D eigenvalue weighted by Gasteiger charge is -2.16. The number of carbonyl (C=O) groups is 1. The molecule has 1 aromatic carbocycles. The van der Waals surface area contributed by atoms with E-state index in [0.29, 0.717) is 12.1 Å². The third-order valence-corrected chi connectivity index (χ3v) is 4.32. The van der Waals surface area contributed by atoms with E-state index in [2.05, 4.69) is 21.2 Å². The van der Waals surface area contributed by atoms with Crippen LogP contribution in [0.1, 0.15) is 29.6 Å². The number of nitrogens with zero attached hydrogens (tertiary/aromatic N) is 1. The SMILES string of the molecule is O=C(NC1CCCC1Br)c1cc(F)c(F)cc1[N+](=O)[O-]. The molecule has 0 heterocycles. The third kappa shape index (κ3) is 2.95. The molecule has 2 rings (SSSR count). The maximum absolute atomic E-state index is 13.2. The van der Waals surface area contributed by atoms with Crippen molar-refractivity contribution < 1.29 is 18.5 Å². The van der Waals surface area contributed by atoms with E-state index in [-0.39, 0.29) is 10.9 Å². The zero-order chi connectivity index (χ0) is 14.9. The molecule has 1 amide bonds. The monoisotopic (exact) mass is 348 g/mol. The number of nitro benzene ring substituents is 1. The molecular formula is C12H11BrF2N2O3. The van der Waals surface area contributed by atoms with Crippen LogP contribution >= 0.6 is 15.9 Å². The van der Waals surface area contributed by atoms with Crippen LogP contribution in [-0.2, 0) is 0 Å². The van der Waals surface area contributed by atoms with Crippen LogP contribution in [0.15, 0.2) is 12.1 Å². The van der Waals surface area contributed by atoms with Crippen LogP contribution in [0, 0.1) is 21.7 Å². The number of amides is 1. The highest BCUT2D eigenvalue weighted by Crippen LogP contribution is 2.27. The van der Waals surface area contributed by atoms with Crippen LogP contribution in [0.4, 0.5) is 14.5 Å². The molecule has 0 aromatic heterocycles. The molecule has 2 atom stereocenters.